The third-order valence-electron chi connectivity index (χ3n) is 16.0. The van der Waals surface area contributed by atoms with E-state index in [1.54, 1.807) is 4.68 Å². The van der Waals surface area contributed by atoms with Crippen molar-refractivity contribution in [3.05, 3.63) is 340 Å². The summed E-state index contributed by atoms with van der Waals surface area (Å²) in [5.41, 5.74) is 11.8. The monoisotopic (exact) mass is 1090 g/mol. The van der Waals surface area contributed by atoms with E-state index in [0.29, 0.717) is 31.2 Å². The Kier molecular flexibility index (Phi) is 14.7. The highest BCUT2D eigenvalue weighted by Crippen LogP contribution is 2.45. The largest absolute Gasteiger partial charge is 0.346 e. The smallest absolute Gasteiger partial charge is 0.274 e. The molecule has 12 nitrogen and oxygen atoms in total. The van der Waals surface area contributed by atoms with E-state index in [-0.39, 0.29) is 5.69 Å². The molecule has 0 amide bonds. The Morgan fingerprint density at radius 1 is 0.369 bits per heavy atom. The van der Waals surface area contributed by atoms with Crippen LogP contribution in [0.5, 0.6) is 0 Å². The number of nitrogens with zero attached hydrogens (tertiary/aromatic N) is 11. The second-order valence-corrected chi connectivity index (χ2v) is 21.0. The highest BCUT2D eigenvalue weighted by atomic mass is 16.2. The van der Waals surface area contributed by atoms with Crippen LogP contribution in [0.25, 0.3) is 45.0 Å². The molecule has 0 saturated heterocycles. The molecule has 408 valence electrons. The van der Waals surface area contributed by atoms with Crippen LogP contribution in [0.1, 0.15) is 70.1 Å². The number of unbranched alkanes of at least 4 members (excludes halogenated alkanes) is 1. The van der Waals surface area contributed by atoms with Crippen LogP contribution in [0.15, 0.2) is 284 Å². The van der Waals surface area contributed by atoms with Gasteiger partial charge in [-0.15, -0.1) is 10.2 Å². The first-order valence-electron chi connectivity index (χ1n) is 28.5. The molecule has 0 atom stereocenters. The maximum absolute atomic E-state index is 14.6. The number of aryl methyl sites for hydroxylation is 1. The quantitative estimate of drug-likeness (QED) is 0.0733. The lowest BCUT2D eigenvalue weighted by Crippen LogP contribution is -2.39. The van der Waals surface area contributed by atoms with E-state index in [4.69, 9.17) is 25.7 Å². The lowest BCUT2D eigenvalue weighted by molar-refractivity contribution is 0.451. The van der Waals surface area contributed by atoms with E-state index in [1.165, 1.54) is 0 Å². The minimum Gasteiger partial charge on any atom is -0.274 e. The molecule has 0 saturated carbocycles. The van der Waals surface area contributed by atoms with Crippen molar-refractivity contribution in [2.45, 2.75) is 50.4 Å². The zero-order valence-electron chi connectivity index (χ0n) is 46.4. The van der Waals surface area contributed by atoms with Crippen molar-refractivity contribution >= 4 is 0 Å². The van der Waals surface area contributed by atoms with E-state index in [2.05, 4.69) is 236 Å². The van der Waals surface area contributed by atoms with E-state index in [9.17, 15) is 4.79 Å². The number of rotatable bonds is 19. The summed E-state index contributed by atoms with van der Waals surface area (Å²) in [5, 5.41) is 33.0. The summed E-state index contributed by atoms with van der Waals surface area (Å²) >= 11 is 0. The van der Waals surface area contributed by atoms with E-state index in [1.807, 2.05) is 74.6 Å². The molecule has 0 radical (unpaired) electrons. The average Bonchev–Trinajstić information content (AvgIpc) is 1.59. The number of hydrogen-bond acceptors (Lipinski definition) is 8. The Balaban J connectivity index is 0.794. The summed E-state index contributed by atoms with van der Waals surface area (Å²) in [6, 6.07) is 95.9. The normalized spacial score (nSPS) is 11.7. The molecule has 0 N–H and O–H groups in total. The summed E-state index contributed by atoms with van der Waals surface area (Å²) in [7, 11) is 0. The number of aromatic nitrogens is 11. The van der Waals surface area contributed by atoms with Gasteiger partial charge >= 0.3 is 5.69 Å². The molecule has 10 aromatic carbocycles. The van der Waals surface area contributed by atoms with Gasteiger partial charge < -0.3 is 0 Å². The number of benzene rings is 10. The van der Waals surface area contributed by atoms with Gasteiger partial charge in [0.05, 0.1) is 13.1 Å². The molecule has 0 spiro atoms. The molecule has 0 aliphatic heterocycles. The van der Waals surface area contributed by atoms with Gasteiger partial charge in [0.15, 0.2) is 11.6 Å². The van der Waals surface area contributed by atoms with Gasteiger partial charge in [0.1, 0.15) is 16.9 Å². The Labute approximate surface area is 487 Å². The fourth-order valence-corrected chi connectivity index (χ4v) is 12.0. The van der Waals surface area contributed by atoms with E-state index in [0.717, 1.165) is 96.6 Å². The molecular weight excluding hydrogens is 1030 g/mol. The minimum atomic E-state index is -0.908. The molecule has 13 aromatic rings. The third-order valence-corrected chi connectivity index (χ3v) is 16.0. The maximum Gasteiger partial charge on any atom is 0.346 e. The number of hydrogen-bond donors (Lipinski definition) is 0. The second kappa shape index (κ2) is 23.4. The van der Waals surface area contributed by atoms with Crippen molar-refractivity contribution in [1.82, 2.24) is 54.8 Å². The van der Waals surface area contributed by atoms with Gasteiger partial charge in [0.2, 0.25) is 0 Å². The van der Waals surface area contributed by atoms with Gasteiger partial charge in [-0.2, -0.15) is 5.10 Å². The first-order valence-corrected chi connectivity index (χ1v) is 28.5. The van der Waals surface area contributed by atoms with Crippen LogP contribution >= 0.6 is 0 Å². The van der Waals surface area contributed by atoms with Crippen LogP contribution in [-0.4, -0.2) is 54.8 Å². The Hall–Kier alpha value is -10.7. The minimum absolute atomic E-state index is 0.152. The van der Waals surface area contributed by atoms with Gasteiger partial charge in [-0.05, 0) is 94.0 Å². The fourth-order valence-electron chi connectivity index (χ4n) is 12.0. The summed E-state index contributed by atoms with van der Waals surface area (Å²) in [4.78, 5) is 14.6. The van der Waals surface area contributed by atoms with Crippen molar-refractivity contribution < 1.29 is 0 Å². The van der Waals surface area contributed by atoms with Gasteiger partial charge in [-0.1, -0.05) is 292 Å². The van der Waals surface area contributed by atoms with Crippen LogP contribution in [0, 0.1) is 0 Å². The van der Waals surface area contributed by atoms with Gasteiger partial charge in [-0.25, -0.2) is 18.8 Å². The molecule has 84 heavy (non-hydrogen) atoms. The van der Waals surface area contributed by atoms with E-state index >= 15 is 0 Å². The lowest BCUT2D eigenvalue weighted by atomic mass is 9.77. The van der Waals surface area contributed by atoms with Gasteiger partial charge in [-0.3, -0.25) is 4.57 Å². The molecule has 0 aliphatic carbocycles. The van der Waals surface area contributed by atoms with Crippen molar-refractivity contribution in [2.75, 3.05) is 0 Å². The predicted octanol–water partition coefficient (Wildman–Crippen LogP) is 13.8. The molecule has 0 fully saturated rings. The molecule has 3 heterocycles. The summed E-state index contributed by atoms with van der Waals surface area (Å²) < 4.78 is 7.37. The Morgan fingerprint density at radius 3 is 1.04 bits per heavy atom. The topological polar surface area (TPSA) is 127 Å². The van der Waals surface area contributed by atoms with Crippen molar-refractivity contribution in [2.24, 2.45) is 0 Å². The maximum atomic E-state index is 14.6. The van der Waals surface area contributed by atoms with Crippen LogP contribution < -0.4 is 5.69 Å². The highest BCUT2D eigenvalue weighted by molar-refractivity contribution is 5.82. The first-order chi connectivity index (χ1) is 41.5. The predicted molar refractivity (Wildman–Crippen MR) is 330 cm³/mol. The zero-order valence-corrected chi connectivity index (χ0v) is 46.4. The summed E-state index contributed by atoms with van der Waals surface area (Å²) in [5.74, 6) is 2.01. The molecule has 3 aromatic heterocycles. The standard InChI is InChI=1S/C72H59N11O/c1-2-3-42-67-75-81(52-54-45-49-56(50-46-54)64-39-23-25-41-66(64)69-74-77-79-83(69)72(60-32-16-7-17-33-60,61-34-18-8-19-35-61)62-36-20-9-21-37-62)70(84)80(67)51-53-43-47-55(48-44-53)63-38-22-24-40-65(63)68-73-76-78-82(68)71(57-26-10-4-11-27-57,58-28-12-5-13-29-58)59-30-14-6-15-31-59/h4-41,43-50H,2-3,42,51-52H2,1H3. The van der Waals surface area contributed by atoms with Crippen LogP contribution in [-0.2, 0) is 30.6 Å². The molecule has 0 unspecified atom stereocenters. The number of tetrazole rings is 2. The second-order valence-electron chi connectivity index (χ2n) is 21.0. The third kappa shape index (κ3) is 9.62. The summed E-state index contributed by atoms with van der Waals surface area (Å²) in [6.07, 6.45) is 2.57. The zero-order chi connectivity index (χ0) is 56.7. The van der Waals surface area contributed by atoms with Crippen LogP contribution in [0.4, 0.5) is 0 Å². The molecule has 0 bridgehead atoms. The summed E-state index contributed by atoms with van der Waals surface area (Å²) in [6.45, 7) is 2.85. The van der Waals surface area contributed by atoms with Crippen LogP contribution in [0.3, 0.4) is 0 Å². The first kappa shape index (κ1) is 52.6. The Bertz CT molecular complexity index is 4160. The molecule has 12 heteroatoms. The molecule has 13 rings (SSSR count). The van der Waals surface area contributed by atoms with E-state index < -0.39 is 11.1 Å². The fraction of sp³-hybridized carbons (Fsp3) is 0.111. The lowest BCUT2D eigenvalue weighted by Gasteiger charge is -2.36. The van der Waals surface area contributed by atoms with Crippen molar-refractivity contribution in [3.8, 4) is 45.0 Å². The highest BCUT2D eigenvalue weighted by Gasteiger charge is 2.44. The van der Waals surface area contributed by atoms with Crippen LogP contribution in [0.2, 0.25) is 0 Å². The van der Waals surface area contributed by atoms with Crippen molar-refractivity contribution in [1.29, 1.82) is 0 Å². The van der Waals surface area contributed by atoms with Crippen molar-refractivity contribution in [3.63, 3.8) is 0 Å². The van der Waals surface area contributed by atoms with Gasteiger partial charge in [0.25, 0.3) is 0 Å². The average molecular weight is 1090 g/mol. The SMILES string of the molecule is CCCCc1nn(Cc2ccc(-c3ccccc3-c3nnnn3C(c3ccccc3)(c3ccccc3)c3ccccc3)cc2)c(=O)n1Cc1ccc(-c2ccccc2-c2nnnn2C(c2ccccc2)(c2ccccc2)c2ccccc2)cc1. The molecule has 0 aliphatic rings. The molecular formula is C72H59N11O. The van der Waals surface area contributed by atoms with Gasteiger partial charge in [0, 0.05) is 17.5 Å². The Morgan fingerprint density at radius 2 is 0.690 bits per heavy atom.